The average molecular weight is 306 g/mol. The number of nitrogens with zero attached hydrogens (tertiary/aromatic N) is 2. The van der Waals surface area contributed by atoms with Crippen LogP contribution < -0.4 is 11.5 Å². The molecular weight excluding hydrogens is 284 g/mol. The Bertz CT molecular complexity index is 731. The third-order valence-electron chi connectivity index (χ3n) is 3.26. The molecule has 0 saturated carbocycles. The predicted octanol–water partition coefficient (Wildman–Crippen LogP) is 3.92. The molecule has 0 saturated heterocycles. The molecule has 0 aliphatic rings. The van der Waals surface area contributed by atoms with Crippen LogP contribution >= 0.6 is 0 Å². The molecule has 23 heavy (non-hydrogen) atoms. The lowest BCUT2D eigenvalue weighted by Crippen LogP contribution is -1.93. The summed E-state index contributed by atoms with van der Waals surface area (Å²) in [6.45, 7) is 3.03. The highest BCUT2D eigenvalue weighted by molar-refractivity contribution is 5.74. The van der Waals surface area contributed by atoms with Crippen molar-refractivity contribution in [1.29, 1.82) is 0 Å². The number of benzene rings is 2. The summed E-state index contributed by atoms with van der Waals surface area (Å²) in [5, 5.41) is 3.95. The molecule has 4 heteroatoms. The highest BCUT2D eigenvalue weighted by Gasteiger charge is 1.93. The number of hydrogen-bond acceptors (Lipinski definition) is 3. The van der Waals surface area contributed by atoms with Gasteiger partial charge in [0.2, 0.25) is 0 Å². The van der Waals surface area contributed by atoms with E-state index in [1.807, 2.05) is 65.5 Å². The Morgan fingerprint density at radius 3 is 2.22 bits per heavy atom. The van der Waals surface area contributed by atoms with Gasteiger partial charge in [-0.1, -0.05) is 48.6 Å². The van der Waals surface area contributed by atoms with E-state index in [0.717, 1.165) is 17.7 Å². The molecular formula is C19H22N4. The minimum atomic E-state index is 0.621. The van der Waals surface area contributed by atoms with E-state index in [9.17, 15) is 0 Å². The number of aryl methyl sites for hydroxylation is 1. The lowest BCUT2D eigenvalue weighted by atomic mass is 10.1. The van der Waals surface area contributed by atoms with Crippen LogP contribution in [0.1, 0.15) is 18.1 Å². The Morgan fingerprint density at radius 2 is 1.65 bits per heavy atom. The first-order valence-electron chi connectivity index (χ1n) is 7.54. The van der Waals surface area contributed by atoms with Gasteiger partial charge in [0.1, 0.15) is 0 Å². The third-order valence-corrected chi connectivity index (χ3v) is 3.26. The molecule has 0 aliphatic carbocycles. The number of anilines is 2. The second kappa shape index (κ2) is 8.44. The molecule has 4 N–H and O–H groups in total. The van der Waals surface area contributed by atoms with Crippen LogP contribution in [0.5, 0.6) is 0 Å². The van der Waals surface area contributed by atoms with Crippen molar-refractivity contribution in [2.24, 2.45) is 0 Å². The fraction of sp³-hybridized carbons (Fsp3) is 0.105. The molecule has 3 aromatic rings. The van der Waals surface area contributed by atoms with Crippen molar-refractivity contribution in [3.05, 3.63) is 78.1 Å². The summed E-state index contributed by atoms with van der Waals surface area (Å²) in [7, 11) is 0. The highest BCUT2D eigenvalue weighted by Crippen LogP contribution is 2.17. The van der Waals surface area contributed by atoms with Crippen molar-refractivity contribution in [3.63, 3.8) is 0 Å². The van der Waals surface area contributed by atoms with E-state index in [1.54, 1.807) is 6.20 Å². The topological polar surface area (TPSA) is 69.9 Å². The van der Waals surface area contributed by atoms with Crippen molar-refractivity contribution in [1.82, 2.24) is 9.78 Å². The molecule has 0 fully saturated rings. The zero-order valence-corrected chi connectivity index (χ0v) is 13.3. The SMILES string of the molecule is CCn1cccn1.Nc1ccc(C=Cc2ccccc2)cc1N. The Balaban J connectivity index is 0.000000229. The molecule has 0 bridgehead atoms. The smallest absolute Gasteiger partial charge is 0.0553 e. The number of rotatable bonds is 3. The van der Waals surface area contributed by atoms with Gasteiger partial charge in [-0.05, 0) is 36.2 Å². The van der Waals surface area contributed by atoms with E-state index >= 15 is 0 Å². The minimum absolute atomic E-state index is 0.621. The summed E-state index contributed by atoms with van der Waals surface area (Å²) >= 11 is 0. The van der Waals surface area contributed by atoms with Crippen LogP contribution in [0, 0.1) is 0 Å². The van der Waals surface area contributed by atoms with Crippen LogP contribution in [0.4, 0.5) is 11.4 Å². The molecule has 0 aliphatic heterocycles. The molecule has 118 valence electrons. The van der Waals surface area contributed by atoms with Crippen LogP contribution in [0.3, 0.4) is 0 Å². The second-order valence-corrected chi connectivity index (χ2v) is 4.99. The van der Waals surface area contributed by atoms with Gasteiger partial charge in [0.25, 0.3) is 0 Å². The van der Waals surface area contributed by atoms with Crippen LogP contribution in [0.2, 0.25) is 0 Å². The third kappa shape index (κ3) is 5.36. The van der Waals surface area contributed by atoms with E-state index in [-0.39, 0.29) is 0 Å². The van der Waals surface area contributed by atoms with E-state index in [2.05, 4.69) is 24.2 Å². The summed E-state index contributed by atoms with van der Waals surface area (Å²) in [6.07, 6.45) is 7.79. The van der Waals surface area contributed by atoms with Gasteiger partial charge in [-0.25, -0.2) is 0 Å². The number of aromatic nitrogens is 2. The van der Waals surface area contributed by atoms with Crippen LogP contribution in [-0.2, 0) is 6.54 Å². The van der Waals surface area contributed by atoms with Gasteiger partial charge in [-0.2, -0.15) is 5.10 Å². The molecule has 0 amide bonds. The van der Waals surface area contributed by atoms with Gasteiger partial charge in [0.15, 0.2) is 0 Å². The van der Waals surface area contributed by atoms with Crippen LogP contribution in [-0.4, -0.2) is 9.78 Å². The zero-order valence-electron chi connectivity index (χ0n) is 13.3. The first-order valence-corrected chi connectivity index (χ1v) is 7.54. The van der Waals surface area contributed by atoms with Crippen LogP contribution in [0.15, 0.2) is 67.0 Å². The maximum atomic E-state index is 5.73. The Morgan fingerprint density at radius 1 is 0.913 bits per heavy atom. The molecule has 0 unspecified atom stereocenters. The molecule has 0 spiro atoms. The first kappa shape index (κ1) is 16.4. The average Bonchev–Trinajstić information content (AvgIpc) is 3.11. The highest BCUT2D eigenvalue weighted by atomic mass is 15.2. The molecule has 4 nitrogen and oxygen atoms in total. The lowest BCUT2D eigenvalue weighted by Gasteiger charge is -2.00. The molecule has 0 radical (unpaired) electrons. The molecule has 1 heterocycles. The van der Waals surface area contributed by atoms with E-state index in [1.165, 1.54) is 0 Å². The lowest BCUT2D eigenvalue weighted by molar-refractivity contribution is 0.660. The maximum Gasteiger partial charge on any atom is 0.0553 e. The van der Waals surface area contributed by atoms with Gasteiger partial charge in [-0.3, -0.25) is 4.68 Å². The maximum absolute atomic E-state index is 5.73. The van der Waals surface area contributed by atoms with Crippen LogP contribution in [0.25, 0.3) is 12.2 Å². The van der Waals surface area contributed by atoms with Crippen molar-refractivity contribution in [3.8, 4) is 0 Å². The fourth-order valence-corrected chi connectivity index (χ4v) is 1.94. The Kier molecular flexibility index (Phi) is 6.00. The van der Waals surface area contributed by atoms with Crippen molar-refractivity contribution < 1.29 is 0 Å². The molecule has 1 aromatic heterocycles. The number of hydrogen-bond donors (Lipinski definition) is 2. The molecule has 3 rings (SSSR count). The van der Waals surface area contributed by atoms with E-state index < -0.39 is 0 Å². The summed E-state index contributed by atoms with van der Waals surface area (Å²) in [6, 6.07) is 17.7. The summed E-state index contributed by atoms with van der Waals surface area (Å²) in [4.78, 5) is 0. The van der Waals surface area contributed by atoms with Gasteiger partial charge in [0, 0.05) is 18.9 Å². The molecule has 2 aromatic carbocycles. The minimum Gasteiger partial charge on any atom is -0.397 e. The number of nitrogen functional groups attached to an aromatic ring is 2. The second-order valence-electron chi connectivity index (χ2n) is 4.99. The van der Waals surface area contributed by atoms with Gasteiger partial charge in [-0.15, -0.1) is 0 Å². The first-order chi connectivity index (χ1) is 11.2. The fourth-order valence-electron chi connectivity index (χ4n) is 1.94. The quantitative estimate of drug-likeness (QED) is 0.569. The number of nitrogens with two attached hydrogens (primary N) is 2. The van der Waals surface area contributed by atoms with Crippen molar-refractivity contribution >= 4 is 23.5 Å². The normalized spacial score (nSPS) is 10.3. The van der Waals surface area contributed by atoms with Gasteiger partial charge < -0.3 is 11.5 Å². The zero-order chi connectivity index (χ0) is 16.5. The monoisotopic (exact) mass is 306 g/mol. The standard InChI is InChI=1S/C14H14N2.C5H8N2/c15-13-9-8-12(10-14(13)16)7-6-11-4-2-1-3-5-11;1-2-7-5-3-4-6-7/h1-10H,15-16H2;3-5H,2H2,1H3. The predicted molar refractivity (Wildman–Crippen MR) is 98.5 cm³/mol. The van der Waals surface area contributed by atoms with Crippen molar-refractivity contribution in [2.75, 3.05) is 11.5 Å². The Hall–Kier alpha value is -3.01. The summed E-state index contributed by atoms with van der Waals surface area (Å²) < 4.78 is 1.88. The summed E-state index contributed by atoms with van der Waals surface area (Å²) in [5.74, 6) is 0. The van der Waals surface area contributed by atoms with Gasteiger partial charge >= 0.3 is 0 Å². The van der Waals surface area contributed by atoms with Crippen molar-refractivity contribution in [2.45, 2.75) is 13.5 Å². The van der Waals surface area contributed by atoms with E-state index in [0.29, 0.717) is 11.4 Å². The summed E-state index contributed by atoms with van der Waals surface area (Å²) in [5.41, 5.74) is 14.8. The Labute approximate surface area is 137 Å². The van der Waals surface area contributed by atoms with E-state index in [4.69, 9.17) is 11.5 Å². The molecule has 0 atom stereocenters. The van der Waals surface area contributed by atoms with Gasteiger partial charge in [0.05, 0.1) is 11.4 Å². The largest absolute Gasteiger partial charge is 0.397 e.